The first kappa shape index (κ1) is 28.1. The number of halogens is 1. The second kappa shape index (κ2) is 14.3. The van der Waals surface area contributed by atoms with Gasteiger partial charge in [0, 0.05) is 36.3 Å². The number of unbranched alkanes of at least 4 members (excludes halogenated alkanes) is 1. The number of aliphatic carboxylic acids is 3. The number of carboxylic acid groups (broad SMARTS) is 3. The average molecular weight is 516 g/mol. The van der Waals surface area contributed by atoms with E-state index in [0.717, 1.165) is 49.1 Å². The average Bonchev–Trinajstić information content (AvgIpc) is 2.93. The number of anilines is 3. The number of hydrogen-bond donors (Lipinski definition) is 5. The van der Waals surface area contributed by atoms with Crippen LogP contribution in [0.15, 0.2) is 66.8 Å². The van der Waals surface area contributed by atoms with Gasteiger partial charge < -0.3 is 30.9 Å². The van der Waals surface area contributed by atoms with Gasteiger partial charge in [-0.3, -0.25) is 4.79 Å². The Balaban J connectivity index is 0.000000493. The number of amides is 1. The van der Waals surface area contributed by atoms with E-state index in [-0.39, 0.29) is 5.91 Å². The predicted molar refractivity (Wildman–Crippen MR) is 136 cm³/mol. The Morgan fingerprint density at radius 1 is 0.917 bits per heavy atom. The highest BCUT2D eigenvalue weighted by molar-refractivity contribution is 6.31. The van der Waals surface area contributed by atoms with Gasteiger partial charge in [0.2, 0.25) is 0 Å². The Bertz CT molecular complexity index is 1150. The molecule has 1 aliphatic rings. The Morgan fingerprint density at radius 2 is 1.58 bits per heavy atom. The van der Waals surface area contributed by atoms with Crippen molar-refractivity contribution in [1.82, 2.24) is 5.32 Å². The van der Waals surface area contributed by atoms with Gasteiger partial charge in [-0.05, 0) is 49.7 Å². The molecule has 0 bridgehead atoms. The summed E-state index contributed by atoms with van der Waals surface area (Å²) >= 11 is 6.21. The molecule has 0 atom stereocenters. The zero-order valence-electron chi connectivity index (χ0n) is 19.2. The summed E-state index contributed by atoms with van der Waals surface area (Å²) in [6.07, 6.45) is 5.64. The molecular weight excluding hydrogens is 490 g/mol. The van der Waals surface area contributed by atoms with Crippen LogP contribution in [0.4, 0.5) is 17.1 Å². The molecule has 0 saturated heterocycles. The molecule has 0 unspecified atom stereocenters. The summed E-state index contributed by atoms with van der Waals surface area (Å²) in [7, 11) is 0. The van der Waals surface area contributed by atoms with Crippen LogP contribution in [0.1, 0.15) is 23.2 Å². The van der Waals surface area contributed by atoms with Gasteiger partial charge in [0.15, 0.2) is 0 Å². The summed E-state index contributed by atoms with van der Waals surface area (Å²) in [6.45, 7) is 2.03. The molecule has 1 heterocycles. The van der Waals surface area contributed by atoms with Crippen LogP contribution in [0.2, 0.25) is 5.02 Å². The van der Waals surface area contributed by atoms with Crippen molar-refractivity contribution >= 4 is 52.5 Å². The van der Waals surface area contributed by atoms with Crippen LogP contribution in [-0.2, 0) is 14.4 Å². The highest BCUT2D eigenvalue weighted by Gasteiger charge is 2.24. The van der Waals surface area contributed by atoms with Crippen LogP contribution in [0, 0.1) is 0 Å². The Kier molecular flexibility index (Phi) is 11.2. The fraction of sp³-hybridized carbons (Fsp3) is 0.200. The van der Waals surface area contributed by atoms with E-state index < -0.39 is 17.9 Å². The number of nitrogens with zero attached hydrogens (tertiary/aromatic N) is 1. The van der Waals surface area contributed by atoms with Crippen molar-refractivity contribution in [2.75, 3.05) is 29.9 Å². The minimum absolute atomic E-state index is 0.145. The highest BCUT2D eigenvalue weighted by atomic mass is 35.5. The minimum Gasteiger partial charge on any atom is -0.478 e. The maximum atomic E-state index is 12.6. The number of carbonyl (C=O) groups is 4. The van der Waals surface area contributed by atoms with Crippen molar-refractivity contribution in [2.24, 2.45) is 0 Å². The number of rotatable bonds is 10. The first-order valence-corrected chi connectivity index (χ1v) is 11.3. The number of para-hydroxylation sites is 2. The van der Waals surface area contributed by atoms with Gasteiger partial charge in [-0.1, -0.05) is 29.8 Å². The molecule has 10 nitrogen and oxygen atoms in total. The van der Waals surface area contributed by atoms with E-state index in [4.69, 9.17) is 26.9 Å². The number of carbonyl (C=O) groups excluding carboxylic acids is 1. The molecule has 3 rings (SSSR count). The molecule has 190 valence electrons. The lowest BCUT2D eigenvalue weighted by atomic mass is 10.1. The molecule has 5 N–H and O–H groups in total. The first-order chi connectivity index (χ1) is 17.2. The van der Waals surface area contributed by atoms with Crippen LogP contribution in [0.25, 0.3) is 0 Å². The van der Waals surface area contributed by atoms with Gasteiger partial charge >= 0.3 is 17.9 Å². The standard InChI is InChI=1S/C21H22ClN3O3.C4H4O4/c22-15-9-10-16-19(14-15)25(13-4-3-11-23-12-5-8-20(26)27)18-7-2-1-6-17(18)24-21(16)28;5-3(6)1-2-4(7)8/h1-2,5-10,14,23H,3-4,11-13H2,(H,24,28)(H,26,27);1-2H,(H,5,6)(H,7,8)/b8-5+;2-1-. The van der Waals surface area contributed by atoms with Crippen molar-refractivity contribution < 1.29 is 34.5 Å². The van der Waals surface area contributed by atoms with Crippen LogP contribution >= 0.6 is 11.6 Å². The summed E-state index contributed by atoms with van der Waals surface area (Å²) < 4.78 is 0. The molecule has 2 aromatic rings. The van der Waals surface area contributed by atoms with Gasteiger partial charge in [-0.15, -0.1) is 0 Å². The third-order valence-corrected chi connectivity index (χ3v) is 5.05. The maximum absolute atomic E-state index is 12.6. The molecule has 1 amide bonds. The smallest absolute Gasteiger partial charge is 0.328 e. The maximum Gasteiger partial charge on any atom is 0.328 e. The Hall–Kier alpha value is -4.15. The summed E-state index contributed by atoms with van der Waals surface area (Å²) in [4.78, 5) is 44.3. The minimum atomic E-state index is -1.26. The molecule has 0 aliphatic carbocycles. The second-order valence-corrected chi connectivity index (χ2v) is 7.88. The fourth-order valence-corrected chi connectivity index (χ4v) is 3.47. The van der Waals surface area contributed by atoms with Gasteiger partial charge in [-0.2, -0.15) is 0 Å². The second-order valence-electron chi connectivity index (χ2n) is 7.45. The molecule has 2 aromatic carbocycles. The molecular formula is C25H26ClN3O7. The van der Waals surface area contributed by atoms with E-state index in [1.807, 2.05) is 30.3 Å². The zero-order valence-corrected chi connectivity index (χ0v) is 19.9. The summed E-state index contributed by atoms with van der Waals surface area (Å²) in [5.41, 5.74) is 3.11. The lowest BCUT2D eigenvalue weighted by molar-refractivity contribution is -0.134. The van der Waals surface area contributed by atoms with Gasteiger partial charge in [0.1, 0.15) is 0 Å². The van der Waals surface area contributed by atoms with Crippen molar-refractivity contribution in [3.63, 3.8) is 0 Å². The van der Waals surface area contributed by atoms with Crippen LogP contribution in [-0.4, -0.2) is 58.8 Å². The highest BCUT2D eigenvalue weighted by Crippen LogP contribution is 2.38. The van der Waals surface area contributed by atoms with Gasteiger partial charge in [0.05, 0.1) is 22.6 Å². The first-order valence-electron chi connectivity index (χ1n) is 10.9. The largest absolute Gasteiger partial charge is 0.478 e. The van der Waals surface area contributed by atoms with Crippen molar-refractivity contribution in [2.45, 2.75) is 12.8 Å². The fourth-order valence-electron chi connectivity index (χ4n) is 3.30. The normalized spacial score (nSPS) is 12.2. The van der Waals surface area contributed by atoms with E-state index in [1.165, 1.54) is 0 Å². The van der Waals surface area contributed by atoms with E-state index in [9.17, 15) is 19.2 Å². The molecule has 0 radical (unpaired) electrons. The number of nitrogens with one attached hydrogen (secondary N) is 2. The van der Waals surface area contributed by atoms with E-state index in [0.29, 0.717) is 29.3 Å². The molecule has 11 heteroatoms. The third-order valence-electron chi connectivity index (χ3n) is 4.81. The van der Waals surface area contributed by atoms with Gasteiger partial charge in [0.25, 0.3) is 5.91 Å². The van der Waals surface area contributed by atoms with E-state index >= 15 is 0 Å². The quantitative estimate of drug-likeness (QED) is 0.235. The number of fused-ring (bicyclic) bond motifs is 2. The molecule has 0 aromatic heterocycles. The van der Waals surface area contributed by atoms with Crippen LogP contribution in [0.3, 0.4) is 0 Å². The lowest BCUT2D eigenvalue weighted by Gasteiger charge is -2.26. The van der Waals surface area contributed by atoms with Crippen LogP contribution in [0.5, 0.6) is 0 Å². The molecule has 0 saturated carbocycles. The third kappa shape index (κ3) is 9.24. The van der Waals surface area contributed by atoms with Crippen molar-refractivity contribution in [3.8, 4) is 0 Å². The van der Waals surface area contributed by atoms with Crippen molar-refractivity contribution in [1.29, 1.82) is 0 Å². The molecule has 36 heavy (non-hydrogen) atoms. The van der Waals surface area contributed by atoms with Gasteiger partial charge in [-0.25, -0.2) is 14.4 Å². The zero-order chi connectivity index (χ0) is 26.5. The topological polar surface area (TPSA) is 156 Å². The van der Waals surface area contributed by atoms with Crippen molar-refractivity contribution in [3.05, 3.63) is 77.4 Å². The number of benzene rings is 2. The number of hydrogen-bond acceptors (Lipinski definition) is 6. The Morgan fingerprint density at radius 3 is 2.25 bits per heavy atom. The van der Waals surface area contributed by atoms with E-state index in [1.54, 1.807) is 18.2 Å². The molecule has 0 fully saturated rings. The van der Waals surface area contributed by atoms with Crippen LogP contribution < -0.4 is 15.5 Å². The lowest BCUT2D eigenvalue weighted by Crippen LogP contribution is -2.21. The SMILES string of the molecule is O=C(O)/C=C/CNCCCCN1c2ccccc2NC(=O)c2ccc(Cl)cc21.O=C(O)/C=C\C(=O)O. The monoisotopic (exact) mass is 515 g/mol. The molecule has 1 aliphatic heterocycles. The predicted octanol–water partition coefficient (Wildman–Crippen LogP) is 3.77. The summed E-state index contributed by atoms with van der Waals surface area (Å²) in [5, 5.41) is 30.9. The Labute approximate surface area is 212 Å². The summed E-state index contributed by atoms with van der Waals surface area (Å²) in [5.74, 6) is -3.60. The van der Waals surface area contributed by atoms with E-state index in [2.05, 4.69) is 15.5 Å². The number of carboxylic acids is 3. The molecule has 0 spiro atoms. The summed E-state index contributed by atoms with van der Waals surface area (Å²) in [6, 6.07) is 13.0.